The molecule has 0 unspecified atom stereocenters. The molecular weight excluding hydrogens is 802 g/mol. The van der Waals surface area contributed by atoms with Gasteiger partial charge < -0.3 is 5.11 Å². The molecule has 0 atom stereocenters. The zero-order valence-electron chi connectivity index (χ0n) is 19.1. The number of carbonyl (C=O) groups is 1. The van der Waals surface area contributed by atoms with Crippen LogP contribution in [0.5, 0.6) is 5.75 Å². The fourth-order valence-corrected chi connectivity index (χ4v) is 8.38. The van der Waals surface area contributed by atoms with Crippen LogP contribution in [0, 0.1) is 7.14 Å². The van der Waals surface area contributed by atoms with Crippen molar-refractivity contribution >= 4 is 107 Å². The second-order valence-electron chi connectivity index (χ2n) is 8.31. The normalized spacial score (nSPS) is 13.3. The lowest BCUT2D eigenvalue weighted by Crippen LogP contribution is -2.24. The summed E-state index contributed by atoms with van der Waals surface area (Å²) in [4.78, 5) is 33.2. The van der Waals surface area contributed by atoms with E-state index in [1.165, 1.54) is 22.9 Å². The number of aromatic nitrogens is 2. The van der Waals surface area contributed by atoms with Crippen LogP contribution in [0.3, 0.4) is 0 Å². The number of fused-ring (bicyclic) bond motifs is 3. The highest BCUT2D eigenvalue weighted by molar-refractivity contribution is 14.1. The molecule has 1 aliphatic rings. The number of halogens is 3. The molecule has 0 spiro atoms. The molecule has 0 saturated carbocycles. The lowest BCUT2D eigenvalue weighted by atomic mass is 9.97. The maximum atomic E-state index is 13.8. The minimum absolute atomic E-state index is 0.0206. The standard InChI is InChI=1S/C25H19BrI2N4O3S2/c26-14-5-7-16(8-6-14)32-24(35)21-17-3-1-2-4-19(17)37-23(21)30-25(32)36-12-20(33)31-29-11-13-9-15(27)10-18(28)22(13)34/h5-11,34H,1-4,12H2,(H,31,33)/b29-11+. The van der Waals surface area contributed by atoms with Crippen molar-refractivity contribution in [3.63, 3.8) is 0 Å². The third-order valence-corrected chi connectivity index (χ3v) is 9.92. The minimum atomic E-state index is -0.344. The molecule has 0 saturated heterocycles. The first-order chi connectivity index (χ1) is 17.8. The Morgan fingerprint density at radius 2 is 2.00 bits per heavy atom. The summed E-state index contributed by atoms with van der Waals surface area (Å²) in [7, 11) is 0. The summed E-state index contributed by atoms with van der Waals surface area (Å²) in [5.74, 6) is -0.210. The van der Waals surface area contributed by atoms with E-state index in [2.05, 4.69) is 49.0 Å². The van der Waals surface area contributed by atoms with Gasteiger partial charge in [0.25, 0.3) is 11.5 Å². The molecule has 7 nitrogen and oxygen atoms in total. The number of hydrogen-bond acceptors (Lipinski definition) is 7. The van der Waals surface area contributed by atoms with E-state index in [0.29, 0.717) is 25.4 Å². The topological polar surface area (TPSA) is 96.6 Å². The molecule has 0 radical (unpaired) electrons. The molecule has 190 valence electrons. The van der Waals surface area contributed by atoms with Gasteiger partial charge in [-0.3, -0.25) is 14.2 Å². The Bertz CT molecular complexity index is 1600. The molecule has 37 heavy (non-hydrogen) atoms. The average molecular weight is 821 g/mol. The Morgan fingerprint density at radius 3 is 2.78 bits per heavy atom. The molecule has 5 rings (SSSR count). The molecule has 1 amide bonds. The molecule has 2 heterocycles. The second kappa shape index (κ2) is 11.7. The lowest BCUT2D eigenvalue weighted by molar-refractivity contribution is -0.118. The van der Waals surface area contributed by atoms with Crippen LogP contribution in [0.25, 0.3) is 15.9 Å². The van der Waals surface area contributed by atoms with E-state index in [9.17, 15) is 14.7 Å². The smallest absolute Gasteiger partial charge is 0.267 e. The zero-order chi connectivity index (χ0) is 26.1. The number of nitrogens with one attached hydrogen (secondary N) is 1. The van der Waals surface area contributed by atoms with Crippen molar-refractivity contribution in [1.29, 1.82) is 0 Å². The van der Waals surface area contributed by atoms with Gasteiger partial charge in [-0.05, 0) is 113 Å². The summed E-state index contributed by atoms with van der Waals surface area (Å²) in [5.41, 5.74) is 4.74. The van der Waals surface area contributed by atoms with Crippen LogP contribution in [0.15, 0.2) is 55.9 Å². The third-order valence-electron chi connectivity index (χ3n) is 5.83. The first-order valence-corrected chi connectivity index (χ1v) is 16.0. The van der Waals surface area contributed by atoms with Crippen molar-refractivity contribution in [3.05, 3.63) is 74.4 Å². The van der Waals surface area contributed by atoms with Crippen LogP contribution < -0.4 is 11.0 Å². The monoisotopic (exact) mass is 820 g/mol. The van der Waals surface area contributed by atoms with Gasteiger partial charge in [-0.1, -0.05) is 27.7 Å². The maximum absolute atomic E-state index is 13.8. The summed E-state index contributed by atoms with van der Waals surface area (Å²) in [6.45, 7) is 0. The number of phenolic OH excluding ortho intramolecular Hbond substituents is 1. The number of thiophene rings is 1. The summed E-state index contributed by atoms with van der Waals surface area (Å²) in [6.07, 6.45) is 5.50. The van der Waals surface area contributed by atoms with Gasteiger partial charge in [0.2, 0.25) is 0 Å². The molecule has 2 aromatic carbocycles. The molecule has 1 aliphatic carbocycles. The Hall–Kier alpha value is -1.49. The molecule has 0 aliphatic heterocycles. The van der Waals surface area contributed by atoms with E-state index in [1.807, 2.05) is 52.9 Å². The van der Waals surface area contributed by atoms with Gasteiger partial charge in [-0.25, -0.2) is 10.4 Å². The highest BCUT2D eigenvalue weighted by Gasteiger charge is 2.23. The molecule has 12 heteroatoms. The van der Waals surface area contributed by atoms with Crippen molar-refractivity contribution < 1.29 is 9.90 Å². The zero-order valence-corrected chi connectivity index (χ0v) is 26.7. The highest BCUT2D eigenvalue weighted by atomic mass is 127. The van der Waals surface area contributed by atoms with Crippen molar-refractivity contribution in [1.82, 2.24) is 15.0 Å². The average Bonchev–Trinajstić information content (AvgIpc) is 3.25. The van der Waals surface area contributed by atoms with Crippen molar-refractivity contribution in [2.45, 2.75) is 30.8 Å². The SMILES string of the molecule is O=C(CSc1nc2sc3c(c2c(=O)n1-c1ccc(Br)cc1)CCCC3)N/N=C/c1cc(I)cc(I)c1O. The first kappa shape index (κ1) is 27.1. The number of benzene rings is 2. The van der Waals surface area contributed by atoms with Gasteiger partial charge in [-0.15, -0.1) is 11.3 Å². The fraction of sp³-hybridized carbons (Fsp3) is 0.200. The van der Waals surface area contributed by atoms with Crippen molar-refractivity contribution in [2.24, 2.45) is 5.10 Å². The Morgan fingerprint density at radius 1 is 1.24 bits per heavy atom. The minimum Gasteiger partial charge on any atom is -0.506 e. The number of rotatable bonds is 6. The van der Waals surface area contributed by atoms with Crippen molar-refractivity contribution in [3.8, 4) is 11.4 Å². The predicted molar refractivity (Wildman–Crippen MR) is 170 cm³/mol. The van der Waals surface area contributed by atoms with E-state index in [-0.39, 0.29) is 23.0 Å². The van der Waals surface area contributed by atoms with Crippen molar-refractivity contribution in [2.75, 3.05) is 5.75 Å². The number of hydrazone groups is 1. The quantitative estimate of drug-likeness (QED) is 0.0790. The molecule has 4 aromatic rings. The van der Waals surface area contributed by atoms with Gasteiger partial charge in [0.1, 0.15) is 10.6 Å². The molecular formula is C25H19BrI2N4O3S2. The van der Waals surface area contributed by atoms with Crippen LogP contribution in [0.4, 0.5) is 0 Å². The fourth-order valence-electron chi connectivity index (χ4n) is 4.12. The number of thioether (sulfide) groups is 1. The number of carbonyl (C=O) groups excluding carboxylic acids is 1. The largest absolute Gasteiger partial charge is 0.506 e. The number of amides is 1. The summed E-state index contributed by atoms with van der Waals surface area (Å²) in [5, 5.41) is 15.4. The van der Waals surface area contributed by atoms with Gasteiger partial charge >= 0.3 is 0 Å². The first-order valence-electron chi connectivity index (χ1n) is 11.3. The summed E-state index contributed by atoms with van der Waals surface area (Å²) >= 11 is 10.4. The molecule has 0 bridgehead atoms. The van der Waals surface area contributed by atoms with Crippen LogP contribution in [0.2, 0.25) is 0 Å². The number of hydrogen-bond donors (Lipinski definition) is 2. The number of aryl methyl sites for hydroxylation is 2. The van der Waals surface area contributed by atoms with Gasteiger partial charge in [0, 0.05) is 18.5 Å². The summed E-state index contributed by atoms with van der Waals surface area (Å²) in [6, 6.07) is 11.1. The van der Waals surface area contributed by atoms with Gasteiger partial charge in [0.05, 0.1) is 26.6 Å². The summed E-state index contributed by atoms with van der Waals surface area (Å²) < 4.78 is 4.16. The van der Waals surface area contributed by atoms with E-state index >= 15 is 0 Å². The maximum Gasteiger partial charge on any atom is 0.267 e. The molecule has 0 fully saturated rings. The van der Waals surface area contributed by atoms with E-state index < -0.39 is 0 Å². The third kappa shape index (κ3) is 5.92. The number of aromatic hydroxyl groups is 1. The number of phenols is 1. The predicted octanol–water partition coefficient (Wildman–Crippen LogP) is 6.25. The van der Waals surface area contributed by atoms with Crippen LogP contribution in [0.1, 0.15) is 28.8 Å². The Balaban J connectivity index is 1.42. The van der Waals surface area contributed by atoms with E-state index in [1.54, 1.807) is 22.0 Å². The van der Waals surface area contributed by atoms with E-state index in [0.717, 1.165) is 44.1 Å². The number of nitrogens with zero attached hydrogens (tertiary/aromatic N) is 3. The second-order valence-corrected chi connectivity index (χ2v) is 13.7. The highest BCUT2D eigenvalue weighted by Crippen LogP contribution is 2.35. The van der Waals surface area contributed by atoms with Crippen LogP contribution in [-0.4, -0.2) is 32.5 Å². The van der Waals surface area contributed by atoms with E-state index in [4.69, 9.17) is 4.98 Å². The molecule has 2 aromatic heterocycles. The molecule has 2 N–H and O–H groups in total. The van der Waals surface area contributed by atoms with Crippen LogP contribution in [-0.2, 0) is 17.6 Å². The Labute approximate surface area is 256 Å². The van der Waals surface area contributed by atoms with Crippen LogP contribution >= 0.6 is 84.2 Å². The van der Waals surface area contributed by atoms with Gasteiger partial charge in [-0.2, -0.15) is 5.10 Å². The Kier molecular flexibility index (Phi) is 8.58. The lowest BCUT2D eigenvalue weighted by Gasteiger charge is -2.13. The van der Waals surface area contributed by atoms with Gasteiger partial charge in [0.15, 0.2) is 5.16 Å².